The third-order valence-corrected chi connectivity index (χ3v) is 6.91. The van der Waals surface area contributed by atoms with Crippen LogP contribution in [0.25, 0.3) is 11.3 Å². The number of hydrogen-bond acceptors (Lipinski definition) is 6. The van der Waals surface area contributed by atoms with E-state index in [0.29, 0.717) is 18.5 Å². The highest BCUT2D eigenvalue weighted by Gasteiger charge is 2.38. The molecule has 0 spiro atoms. The van der Waals surface area contributed by atoms with Crippen LogP contribution in [0.1, 0.15) is 62.5 Å². The Labute approximate surface area is 236 Å². The lowest BCUT2D eigenvalue weighted by Gasteiger charge is -2.38. The molecule has 214 valence electrons. The molecule has 4 rings (SSSR count). The average Bonchev–Trinajstić information content (AvgIpc) is 2.88. The maximum absolute atomic E-state index is 14.5. The predicted molar refractivity (Wildman–Crippen MR) is 145 cm³/mol. The van der Waals surface area contributed by atoms with Crippen LogP contribution in [-0.2, 0) is 4.74 Å². The highest BCUT2D eigenvalue weighted by Crippen LogP contribution is 2.42. The fourth-order valence-electron chi connectivity index (χ4n) is 5.14. The van der Waals surface area contributed by atoms with Crippen molar-refractivity contribution in [3.05, 3.63) is 77.5 Å². The van der Waals surface area contributed by atoms with E-state index in [1.807, 2.05) is 6.92 Å². The average molecular weight is 566 g/mol. The number of pyridine rings is 2. The molecule has 11 heteroatoms. The van der Waals surface area contributed by atoms with Gasteiger partial charge in [-0.15, -0.1) is 0 Å². The number of nitriles is 1. The van der Waals surface area contributed by atoms with Crippen LogP contribution in [0.4, 0.5) is 23.7 Å². The summed E-state index contributed by atoms with van der Waals surface area (Å²) in [6, 6.07) is 8.66. The SMILES string of the molecule is CC1CC(c2ccncc2NC(=O)c2ccc(F)c(-c3c(F)cccc3F)n2)CC(NC(=O)OC(C)(C)C)C1C#N. The highest BCUT2D eigenvalue weighted by molar-refractivity contribution is 6.03. The standard InChI is InChI=1S/C30H30F3N5O3/c1-16-12-17(13-24(19(16)14-34)38-29(40)41-30(2,3)4)18-10-11-35-15-25(18)37-28(39)23-9-8-22(33)27(36-23)26-20(31)6-5-7-21(26)32/h5-11,15-17,19,24H,12-13H2,1-4H3,(H,37,39)(H,38,40). The quantitative estimate of drug-likeness (QED) is 0.372. The zero-order valence-electron chi connectivity index (χ0n) is 23.0. The number of rotatable bonds is 5. The molecule has 0 bridgehead atoms. The Morgan fingerprint density at radius 3 is 2.41 bits per heavy atom. The number of anilines is 1. The Hall–Kier alpha value is -4.46. The number of carbonyl (C=O) groups excluding carboxylic acids is 2. The summed E-state index contributed by atoms with van der Waals surface area (Å²) in [5.74, 6) is -4.46. The lowest BCUT2D eigenvalue weighted by molar-refractivity contribution is 0.0462. The first-order valence-electron chi connectivity index (χ1n) is 13.1. The van der Waals surface area contributed by atoms with Crippen LogP contribution in [0.15, 0.2) is 48.8 Å². The van der Waals surface area contributed by atoms with E-state index in [0.717, 1.165) is 35.9 Å². The largest absolute Gasteiger partial charge is 0.444 e. The molecular formula is C30H30F3N5O3. The predicted octanol–water partition coefficient (Wildman–Crippen LogP) is 6.36. The minimum absolute atomic E-state index is 0.0904. The smallest absolute Gasteiger partial charge is 0.407 e. The number of amides is 2. The minimum Gasteiger partial charge on any atom is -0.444 e. The molecule has 8 nitrogen and oxygen atoms in total. The van der Waals surface area contributed by atoms with Crippen LogP contribution in [0.5, 0.6) is 0 Å². The lowest BCUT2D eigenvalue weighted by atomic mass is 9.70. The van der Waals surface area contributed by atoms with Gasteiger partial charge in [-0.2, -0.15) is 5.26 Å². The molecule has 0 radical (unpaired) electrons. The molecule has 1 aromatic carbocycles. The number of alkyl carbamates (subject to hydrolysis) is 1. The number of aromatic nitrogens is 2. The van der Waals surface area contributed by atoms with Crippen LogP contribution in [0.3, 0.4) is 0 Å². The van der Waals surface area contributed by atoms with Gasteiger partial charge in [0.1, 0.15) is 34.4 Å². The van der Waals surface area contributed by atoms with Crippen molar-refractivity contribution in [3.8, 4) is 17.3 Å². The van der Waals surface area contributed by atoms with E-state index < -0.39 is 58.3 Å². The van der Waals surface area contributed by atoms with Crippen molar-refractivity contribution in [2.45, 2.75) is 58.1 Å². The number of nitrogens with zero attached hydrogens (tertiary/aromatic N) is 3. The van der Waals surface area contributed by atoms with Gasteiger partial charge in [0.05, 0.1) is 29.4 Å². The summed E-state index contributed by atoms with van der Waals surface area (Å²) in [6.07, 6.45) is 3.40. The molecule has 2 N–H and O–H groups in total. The fourth-order valence-corrected chi connectivity index (χ4v) is 5.14. The van der Waals surface area contributed by atoms with E-state index in [1.54, 1.807) is 33.0 Å². The van der Waals surface area contributed by atoms with Crippen molar-refractivity contribution >= 4 is 17.7 Å². The molecule has 2 amide bonds. The summed E-state index contributed by atoms with van der Waals surface area (Å²) in [6.45, 7) is 7.17. The van der Waals surface area contributed by atoms with Gasteiger partial charge in [0.2, 0.25) is 0 Å². The van der Waals surface area contributed by atoms with Gasteiger partial charge < -0.3 is 15.4 Å². The Morgan fingerprint density at radius 1 is 1.05 bits per heavy atom. The van der Waals surface area contributed by atoms with Gasteiger partial charge >= 0.3 is 6.09 Å². The highest BCUT2D eigenvalue weighted by atomic mass is 19.1. The first-order valence-corrected chi connectivity index (χ1v) is 13.1. The summed E-state index contributed by atoms with van der Waals surface area (Å²) in [5, 5.41) is 15.4. The van der Waals surface area contributed by atoms with Crippen LogP contribution < -0.4 is 10.6 Å². The third kappa shape index (κ3) is 6.82. The normalized spacial score (nSPS) is 20.5. The molecule has 1 aliphatic carbocycles. The Balaban J connectivity index is 1.59. The molecule has 2 heterocycles. The number of benzene rings is 1. The van der Waals surface area contributed by atoms with Gasteiger partial charge in [-0.3, -0.25) is 9.78 Å². The van der Waals surface area contributed by atoms with Gasteiger partial charge in [-0.25, -0.2) is 22.9 Å². The zero-order valence-corrected chi connectivity index (χ0v) is 23.0. The summed E-state index contributed by atoms with van der Waals surface area (Å²) in [7, 11) is 0. The second kappa shape index (κ2) is 12.0. The van der Waals surface area contributed by atoms with Crippen LogP contribution >= 0.6 is 0 Å². The number of ether oxygens (including phenoxy) is 1. The molecule has 41 heavy (non-hydrogen) atoms. The number of halogens is 3. The first kappa shape index (κ1) is 29.5. The van der Waals surface area contributed by atoms with Crippen LogP contribution in [0, 0.1) is 40.6 Å². The Morgan fingerprint density at radius 2 is 1.76 bits per heavy atom. The van der Waals surface area contributed by atoms with Crippen molar-refractivity contribution in [2.24, 2.45) is 11.8 Å². The summed E-state index contributed by atoms with van der Waals surface area (Å²) in [5.41, 5.74) is -1.19. The van der Waals surface area contributed by atoms with E-state index in [2.05, 4.69) is 26.7 Å². The van der Waals surface area contributed by atoms with E-state index in [-0.39, 0.29) is 17.5 Å². The van der Waals surface area contributed by atoms with Crippen molar-refractivity contribution in [2.75, 3.05) is 5.32 Å². The van der Waals surface area contributed by atoms with Crippen molar-refractivity contribution in [1.29, 1.82) is 5.26 Å². The Kier molecular flexibility index (Phi) is 8.61. The topological polar surface area (TPSA) is 117 Å². The maximum atomic E-state index is 14.5. The molecule has 0 saturated heterocycles. The van der Waals surface area contributed by atoms with Crippen LogP contribution in [-0.4, -0.2) is 33.6 Å². The molecule has 1 fully saturated rings. The van der Waals surface area contributed by atoms with E-state index >= 15 is 0 Å². The summed E-state index contributed by atoms with van der Waals surface area (Å²) >= 11 is 0. The Bertz CT molecular complexity index is 1480. The fraction of sp³-hybridized carbons (Fsp3) is 0.367. The zero-order chi connectivity index (χ0) is 29.9. The summed E-state index contributed by atoms with van der Waals surface area (Å²) in [4.78, 5) is 33.7. The van der Waals surface area contributed by atoms with Crippen LogP contribution in [0.2, 0.25) is 0 Å². The third-order valence-electron chi connectivity index (χ3n) is 6.91. The van der Waals surface area contributed by atoms with Gasteiger partial charge in [0.25, 0.3) is 5.91 Å². The van der Waals surface area contributed by atoms with Gasteiger partial charge in [-0.1, -0.05) is 13.0 Å². The number of hydrogen-bond donors (Lipinski definition) is 2. The maximum Gasteiger partial charge on any atom is 0.407 e. The van der Waals surface area contributed by atoms with Crippen molar-refractivity contribution in [1.82, 2.24) is 15.3 Å². The van der Waals surface area contributed by atoms with Gasteiger partial charge in [-0.05, 0) is 81.3 Å². The second-order valence-electron chi connectivity index (χ2n) is 11.1. The molecule has 1 aliphatic rings. The van der Waals surface area contributed by atoms with Gasteiger partial charge in [0.15, 0.2) is 0 Å². The van der Waals surface area contributed by atoms with E-state index in [4.69, 9.17) is 4.74 Å². The molecule has 2 aromatic heterocycles. The van der Waals surface area contributed by atoms with E-state index in [9.17, 15) is 28.0 Å². The number of nitrogens with one attached hydrogen (secondary N) is 2. The molecule has 0 aliphatic heterocycles. The van der Waals surface area contributed by atoms with Gasteiger partial charge in [0, 0.05) is 12.2 Å². The van der Waals surface area contributed by atoms with E-state index in [1.165, 1.54) is 6.20 Å². The molecule has 4 atom stereocenters. The first-order chi connectivity index (χ1) is 19.4. The monoisotopic (exact) mass is 565 g/mol. The number of carbonyl (C=O) groups is 2. The lowest BCUT2D eigenvalue weighted by Crippen LogP contribution is -2.47. The molecule has 3 aromatic rings. The second-order valence-corrected chi connectivity index (χ2v) is 11.1. The van der Waals surface area contributed by atoms with Crippen molar-refractivity contribution < 1.29 is 27.5 Å². The molecule has 4 unspecified atom stereocenters. The molecular weight excluding hydrogens is 535 g/mol. The minimum atomic E-state index is -1.01. The van der Waals surface area contributed by atoms with Crippen molar-refractivity contribution in [3.63, 3.8) is 0 Å². The summed E-state index contributed by atoms with van der Waals surface area (Å²) < 4.78 is 48.6. The molecule has 1 saturated carbocycles.